The second-order valence-corrected chi connectivity index (χ2v) is 2.98. The molecule has 4 nitrogen and oxygen atoms in total. The first kappa shape index (κ1) is 12.5. The molecule has 8 heteroatoms. The Labute approximate surface area is 87.8 Å². The number of hydrogen-bond donors (Lipinski definition) is 0. The van der Waals surface area contributed by atoms with E-state index in [1.807, 2.05) is 0 Å². The van der Waals surface area contributed by atoms with Gasteiger partial charge in [-0.25, -0.2) is 13.6 Å². The van der Waals surface area contributed by atoms with E-state index in [0.717, 1.165) is 19.5 Å². The van der Waals surface area contributed by atoms with Crippen molar-refractivity contribution < 1.29 is 27.1 Å². The largest absolute Gasteiger partial charge is 0.465 e. The molecular formula is C8H8F4N2O2. The van der Waals surface area contributed by atoms with Crippen LogP contribution in [0.4, 0.5) is 17.6 Å². The average Bonchev–Trinajstić information content (AvgIpc) is 2.64. The maximum Gasteiger partial charge on any atom is 0.341 e. The summed E-state index contributed by atoms with van der Waals surface area (Å²) in [5.41, 5.74) is -0.0763. The lowest BCUT2D eigenvalue weighted by Gasteiger charge is -2.14. The number of esters is 1. The molecule has 0 N–H and O–H groups in total. The Morgan fingerprint density at radius 1 is 1.62 bits per heavy atom. The number of halogens is 4. The lowest BCUT2D eigenvalue weighted by atomic mass is 10.3. The first-order valence-electron chi connectivity index (χ1n) is 4.13. The molecule has 0 spiro atoms. The highest BCUT2D eigenvalue weighted by Crippen LogP contribution is 2.24. The molecule has 16 heavy (non-hydrogen) atoms. The van der Waals surface area contributed by atoms with Crippen molar-refractivity contribution in [3.8, 4) is 0 Å². The second-order valence-electron chi connectivity index (χ2n) is 2.98. The van der Waals surface area contributed by atoms with Gasteiger partial charge in [-0.15, -0.1) is 0 Å². The van der Waals surface area contributed by atoms with Crippen LogP contribution in [0.2, 0.25) is 0 Å². The van der Waals surface area contributed by atoms with Crippen molar-refractivity contribution in [1.82, 2.24) is 9.78 Å². The molecule has 0 aliphatic heterocycles. The minimum atomic E-state index is -4.18. The van der Waals surface area contributed by atoms with Crippen molar-refractivity contribution >= 4 is 5.97 Å². The summed E-state index contributed by atoms with van der Waals surface area (Å²) in [5.74, 6) is -4.95. The van der Waals surface area contributed by atoms with E-state index in [9.17, 15) is 22.4 Å². The molecule has 0 amide bonds. The third-order valence-corrected chi connectivity index (χ3v) is 1.75. The van der Waals surface area contributed by atoms with Gasteiger partial charge >= 0.3 is 18.3 Å². The summed E-state index contributed by atoms with van der Waals surface area (Å²) in [6, 6.07) is 0. The minimum absolute atomic E-state index is 0.0763. The number of ether oxygens (including phenoxy) is 1. The van der Waals surface area contributed by atoms with Gasteiger partial charge in [0.05, 0.1) is 18.9 Å². The fraction of sp³-hybridized carbons (Fsp3) is 0.500. The van der Waals surface area contributed by atoms with Crippen LogP contribution in [-0.4, -0.2) is 35.2 Å². The van der Waals surface area contributed by atoms with Crippen LogP contribution in [0.25, 0.3) is 0 Å². The van der Waals surface area contributed by atoms with Crippen molar-refractivity contribution in [2.24, 2.45) is 0 Å². The lowest BCUT2D eigenvalue weighted by molar-refractivity contribution is -0.139. The van der Waals surface area contributed by atoms with Crippen LogP contribution in [-0.2, 0) is 11.3 Å². The molecule has 0 atom stereocenters. The summed E-state index contributed by atoms with van der Waals surface area (Å²) in [7, 11) is 1.10. The fourth-order valence-electron chi connectivity index (χ4n) is 0.958. The quantitative estimate of drug-likeness (QED) is 0.592. The number of alkyl halides is 4. The van der Waals surface area contributed by atoms with E-state index in [1.54, 1.807) is 0 Å². The normalized spacial score (nSPS) is 11.9. The Hall–Kier alpha value is -1.60. The predicted molar refractivity (Wildman–Crippen MR) is 44.5 cm³/mol. The zero-order chi connectivity index (χ0) is 12.3. The van der Waals surface area contributed by atoms with Gasteiger partial charge in [-0.2, -0.15) is 13.9 Å². The molecule has 0 saturated heterocycles. The highest BCUT2D eigenvalue weighted by molar-refractivity contribution is 5.88. The van der Waals surface area contributed by atoms with Crippen molar-refractivity contribution in [2.75, 3.05) is 7.11 Å². The van der Waals surface area contributed by atoms with Gasteiger partial charge in [0.1, 0.15) is 6.54 Å². The summed E-state index contributed by atoms with van der Waals surface area (Å²) in [5, 5.41) is 3.36. The number of carbonyl (C=O) groups excluding carboxylic acids is 1. The van der Waals surface area contributed by atoms with Gasteiger partial charge in [0.25, 0.3) is 0 Å². The number of methoxy groups -OCH3 is 1. The van der Waals surface area contributed by atoms with Crippen LogP contribution in [0, 0.1) is 0 Å². The molecule has 0 fully saturated rings. The van der Waals surface area contributed by atoms with Gasteiger partial charge in [-0.05, 0) is 0 Å². The zero-order valence-electron chi connectivity index (χ0n) is 8.16. The number of nitrogens with zero attached hydrogens (tertiary/aromatic N) is 2. The van der Waals surface area contributed by atoms with Crippen molar-refractivity contribution in [3.63, 3.8) is 0 Å². The maximum absolute atomic E-state index is 12.6. The van der Waals surface area contributed by atoms with Crippen LogP contribution in [0.1, 0.15) is 10.4 Å². The van der Waals surface area contributed by atoms with Crippen LogP contribution in [0.3, 0.4) is 0 Å². The summed E-state index contributed by atoms with van der Waals surface area (Å²) in [6.45, 7) is -1.29. The first-order valence-corrected chi connectivity index (χ1v) is 4.13. The molecule has 0 aliphatic rings. The highest BCUT2D eigenvalue weighted by atomic mass is 19.3. The summed E-state index contributed by atoms with van der Waals surface area (Å²) >= 11 is 0. The zero-order valence-corrected chi connectivity index (χ0v) is 8.16. The van der Waals surface area contributed by atoms with Gasteiger partial charge in [-0.1, -0.05) is 0 Å². The number of rotatable bonds is 4. The van der Waals surface area contributed by atoms with Gasteiger partial charge in [0.2, 0.25) is 0 Å². The topological polar surface area (TPSA) is 44.1 Å². The third kappa shape index (κ3) is 2.71. The molecule has 0 aromatic carbocycles. The molecule has 0 radical (unpaired) electrons. The minimum Gasteiger partial charge on any atom is -0.465 e. The van der Waals surface area contributed by atoms with Gasteiger partial charge in [0.15, 0.2) is 0 Å². The van der Waals surface area contributed by atoms with E-state index in [-0.39, 0.29) is 5.56 Å². The van der Waals surface area contributed by atoms with E-state index in [1.165, 1.54) is 0 Å². The number of hydrogen-bond acceptors (Lipinski definition) is 3. The monoisotopic (exact) mass is 240 g/mol. The molecule has 0 saturated carbocycles. The fourth-order valence-corrected chi connectivity index (χ4v) is 0.958. The Balaban J connectivity index is 2.76. The van der Waals surface area contributed by atoms with Gasteiger partial charge in [-0.3, -0.25) is 4.68 Å². The molecule has 0 aliphatic carbocycles. The van der Waals surface area contributed by atoms with Gasteiger partial charge in [0, 0.05) is 6.20 Å². The van der Waals surface area contributed by atoms with Crippen LogP contribution in [0.5, 0.6) is 0 Å². The van der Waals surface area contributed by atoms with Crippen molar-refractivity contribution in [3.05, 3.63) is 18.0 Å². The third-order valence-electron chi connectivity index (χ3n) is 1.75. The van der Waals surface area contributed by atoms with Crippen LogP contribution < -0.4 is 0 Å². The van der Waals surface area contributed by atoms with E-state index in [2.05, 4.69) is 9.84 Å². The lowest BCUT2D eigenvalue weighted by Crippen LogP contribution is -2.32. The average molecular weight is 240 g/mol. The summed E-state index contributed by atoms with van der Waals surface area (Å²) in [4.78, 5) is 10.9. The molecule has 1 heterocycles. The summed E-state index contributed by atoms with van der Waals surface area (Å²) < 4.78 is 53.8. The molecule has 0 unspecified atom stereocenters. The SMILES string of the molecule is COC(=O)c1cnn(CC(F)(F)C(F)F)c1. The Morgan fingerprint density at radius 3 is 2.75 bits per heavy atom. The van der Waals surface area contributed by atoms with Crippen molar-refractivity contribution in [2.45, 2.75) is 18.9 Å². The van der Waals surface area contributed by atoms with E-state index >= 15 is 0 Å². The second kappa shape index (κ2) is 4.50. The molecule has 0 bridgehead atoms. The van der Waals surface area contributed by atoms with Gasteiger partial charge < -0.3 is 4.74 Å². The maximum atomic E-state index is 12.6. The highest BCUT2D eigenvalue weighted by Gasteiger charge is 2.41. The van der Waals surface area contributed by atoms with E-state index in [4.69, 9.17) is 0 Å². The van der Waals surface area contributed by atoms with Crippen LogP contribution >= 0.6 is 0 Å². The molecular weight excluding hydrogens is 232 g/mol. The Morgan fingerprint density at radius 2 is 2.25 bits per heavy atom. The molecule has 1 aromatic heterocycles. The predicted octanol–water partition coefficient (Wildman–Crippen LogP) is 1.57. The standard InChI is InChI=1S/C8H8F4N2O2/c1-16-6(15)5-2-13-14(3-5)4-8(11,12)7(9)10/h2-3,7H,4H2,1H3. The Bertz CT molecular complexity index is 378. The first-order chi connectivity index (χ1) is 7.36. The molecule has 1 aromatic rings. The van der Waals surface area contributed by atoms with Crippen LogP contribution in [0.15, 0.2) is 12.4 Å². The molecule has 90 valence electrons. The van der Waals surface area contributed by atoms with E-state index in [0.29, 0.717) is 4.68 Å². The van der Waals surface area contributed by atoms with Crippen molar-refractivity contribution in [1.29, 1.82) is 0 Å². The molecule has 1 rings (SSSR count). The smallest absolute Gasteiger partial charge is 0.341 e. The summed E-state index contributed by atoms with van der Waals surface area (Å²) in [6.07, 6.45) is -1.89. The van der Waals surface area contributed by atoms with E-state index < -0.39 is 24.9 Å². The number of aromatic nitrogens is 2. The Kier molecular flexibility index (Phi) is 3.51. The number of carbonyl (C=O) groups is 1.